The Morgan fingerprint density at radius 1 is 0.805 bits per heavy atom. The summed E-state index contributed by atoms with van der Waals surface area (Å²) >= 11 is 0. The number of nitrogens with zero attached hydrogens (tertiary/aromatic N) is 2. The fraction of sp³-hybridized carbons (Fsp3) is 0.194. The van der Waals surface area contributed by atoms with Gasteiger partial charge >= 0.3 is 11.9 Å². The maximum Gasteiger partial charge on any atom is 0.357 e. The second-order valence-electron chi connectivity index (χ2n) is 9.47. The Morgan fingerprint density at radius 3 is 2.17 bits per heavy atom. The van der Waals surface area contributed by atoms with Gasteiger partial charge in [-0.15, -0.1) is 0 Å². The Labute approximate surface area is 234 Å². The smallest absolute Gasteiger partial charge is 0.357 e. The number of esters is 2. The Morgan fingerprint density at radius 2 is 1.49 bits per heavy atom. The molecule has 0 bridgehead atoms. The number of carbonyl (C=O) groups excluding carboxylic acids is 4. The number of carbonyl (C=O) groups is 4. The monoisotopic (exact) mass is 554 g/mol. The molecule has 0 unspecified atom stereocenters. The van der Waals surface area contributed by atoms with E-state index in [1.807, 2.05) is 19.9 Å². The van der Waals surface area contributed by atoms with E-state index >= 15 is 0 Å². The Hall–Kier alpha value is -5.25. The van der Waals surface area contributed by atoms with E-state index in [0.29, 0.717) is 5.69 Å². The van der Waals surface area contributed by atoms with Crippen molar-refractivity contribution in [1.29, 1.82) is 0 Å². The third-order valence-electron chi connectivity index (χ3n) is 6.95. The molecule has 0 atom stereocenters. The van der Waals surface area contributed by atoms with Gasteiger partial charge in [-0.25, -0.2) is 14.3 Å². The summed E-state index contributed by atoms with van der Waals surface area (Å²) < 4.78 is 11.8. The molecule has 208 valence electrons. The lowest BCUT2D eigenvalue weighted by atomic mass is 9.82. The number of benzene rings is 3. The van der Waals surface area contributed by atoms with Crippen LogP contribution in [-0.4, -0.2) is 56.7 Å². The lowest BCUT2D eigenvalue weighted by Gasteiger charge is -2.20. The molecule has 1 aliphatic carbocycles. The molecule has 1 aliphatic rings. The van der Waals surface area contributed by atoms with E-state index in [1.165, 1.54) is 35.0 Å². The minimum absolute atomic E-state index is 0.00192. The van der Waals surface area contributed by atoms with Crippen molar-refractivity contribution in [3.63, 3.8) is 0 Å². The highest BCUT2D eigenvalue weighted by Crippen LogP contribution is 2.40. The van der Waals surface area contributed by atoms with Gasteiger partial charge in [-0.2, -0.15) is 5.10 Å². The zero-order valence-corrected chi connectivity index (χ0v) is 22.8. The van der Waals surface area contributed by atoms with E-state index in [4.69, 9.17) is 9.47 Å². The number of ketones is 2. The maximum absolute atomic E-state index is 13.5. The van der Waals surface area contributed by atoms with Crippen molar-refractivity contribution >= 4 is 23.5 Å². The number of rotatable bonds is 6. The van der Waals surface area contributed by atoms with Gasteiger partial charge in [-0.05, 0) is 69.2 Å². The fourth-order valence-corrected chi connectivity index (χ4v) is 4.87. The number of fused-ring (bicyclic) bond motifs is 2. The molecule has 10 nitrogen and oxygen atoms in total. The molecule has 0 saturated heterocycles. The SMILES string of the molecule is CCOC(=O)c1c(-c2cc(O)c3c(c2)C(=O)c2cccc(O)c2C3=O)nn(-c2ccc(C)c(C)c2)c1C(=O)OCC. The first kappa shape index (κ1) is 27.3. The highest BCUT2D eigenvalue weighted by atomic mass is 16.5. The first-order valence-corrected chi connectivity index (χ1v) is 12.9. The summed E-state index contributed by atoms with van der Waals surface area (Å²) in [6, 6.07) is 12.0. The summed E-state index contributed by atoms with van der Waals surface area (Å²) in [4.78, 5) is 53.3. The maximum atomic E-state index is 13.5. The largest absolute Gasteiger partial charge is 0.507 e. The van der Waals surface area contributed by atoms with Crippen molar-refractivity contribution in [3.8, 4) is 28.4 Å². The number of hydrogen-bond donors (Lipinski definition) is 2. The number of phenols is 2. The second kappa shape index (κ2) is 10.4. The lowest BCUT2D eigenvalue weighted by Crippen LogP contribution is -2.21. The average Bonchev–Trinajstić information content (AvgIpc) is 3.34. The molecule has 0 saturated carbocycles. The van der Waals surface area contributed by atoms with Gasteiger partial charge in [0, 0.05) is 16.7 Å². The average molecular weight is 555 g/mol. The van der Waals surface area contributed by atoms with E-state index in [0.717, 1.165) is 11.1 Å². The molecule has 2 N–H and O–H groups in total. The third kappa shape index (κ3) is 4.43. The van der Waals surface area contributed by atoms with Crippen molar-refractivity contribution in [2.24, 2.45) is 0 Å². The van der Waals surface area contributed by atoms with Gasteiger partial charge in [0.1, 0.15) is 22.8 Å². The van der Waals surface area contributed by atoms with Gasteiger partial charge in [-0.1, -0.05) is 18.2 Å². The molecule has 1 heterocycles. The van der Waals surface area contributed by atoms with Crippen LogP contribution in [-0.2, 0) is 9.47 Å². The van der Waals surface area contributed by atoms with Crippen LogP contribution in [0.1, 0.15) is 77.7 Å². The van der Waals surface area contributed by atoms with Crippen molar-refractivity contribution in [2.75, 3.05) is 13.2 Å². The molecule has 0 radical (unpaired) electrons. The van der Waals surface area contributed by atoms with Crippen molar-refractivity contribution in [1.82, 2.24) is 9.78 Å². The third-order valence-corrected chi connectivity index (χ3v) is 6.95. The molecule has 3 aromatic carbocycles. The molecule has 41 heavy (non-hydrogen) atoms. The van der Waals surface area contributed by atoms with Gasteiger partial charge in [0.15, 0.2) is 11.5 Å². The highest BCUT2D eigenvalue weighted by Gasteiger charge is 2.37. The van der Waals surface area contributed by atoms with Crippen LogP contribution in [0, 0.1) is 13.8 Å². The Kier molecular flexibility index (Phi) is 6.92. The van der Waals surface area contributed by atoms with E-state index in [2.05, 4.69) is 5.10 Å². The molecule has 0 aliphatic heterocycles. The van der Waals surface area contributed by atoms with Gasteiger partial charge in [-0.3, -0.25) is 9.59 Å². The number of hydrogen-bond acceptors (Lipinski definition) is 9. The molecular weight excluding hydrogens is 528 g/mol. The molecule has 4 aromatic rings. The summed E-state index contributed by atoms with van der Waals surface area (Å²) in [5.41, 5.74) is 1.30. The number of aryl methyl sites for hydroxylation is 2. The normalized spacial score (nSPS) is 12.1. The minimum atomic E-state index is -0.865. The summed E-state index contributed by atoms with van der Waals surface area (Å²) in [7, 11) is 0. The van der Waals surface area contributed by atoms with Crippen LogP contribution in [0.2, 0.25) is 0 Å². The van der Waals surface area contributed by atoms with E-state index in [1.54, 1.807) is 26.0 Å². The molecule has 0 fully saturated rings. The molecule has 10 heteroatoms. The number of aromatic hydroxyl groups is 2. The highest BCUT2D eigenvalue weighted by molar-refractivity contribution is 6.30. The van der Waals surface area contributed by atoms with Gasteiger partial charge in [0.05, 0.1) is 30.0 Å². The summed E-state index contributed by atoms with van der Waals surface area (Å²) in [6.45, 7) is 7.07. The predicted octanol–water partition coefficient (Wildman–Crippen LogP) is 4.70. The van der Waals surface area contributed by atoms with E-state index < -0.39 is 29.3 Å². The fourth-order valence-electron chi connectivity index (χ4n) is 4.87. The first-order valence-electron chi connectivity index (χ1n) is 12.9. The van der Waals surface area contributed by atoms with Crippen LogP contribution in [0.3, 0.4) is 0 Å². The van der Waals surface area contributed by atoms with Crippen molar-refractivity contribution in [3.05, 3.63) is 93.2 Å². The minimum Gasteiger partial charge on any atom is -0.507 e. The Balaban J connectivity index is 1.80. The zero-order valence-electron chi connectivity index (χ0n) is 22.8. The number of aromatic nitrogens is 2. The summed E-state index contributed by atoms with van der Waals surface area (Å²) in [6.07, 6.45) is 0. The molecule has 0 amide bonds. The van der Waals surface area contributed by atoms with Gasteiger partial charge < -0.3 is 19.7 Å². The molecule has 5 rings (SSSR count). The quantitative estimate of drug-likeness (QED) is 0.285. The van der Waals surface area contributed by atoms with Crippen LogP contribution < -0.4 is 0 Å². The van der Waals surface area contributed by atoms with Crippen molar-refractivity contribution < 1.29 is 38.9 Å². The Bertz CT molecular complexity index is 1780. The van der Waals surface area contributed by atoms with Crippen LogP contribution in [0.15, 0.2) is 48.5 Å². The number of phenolic OH excluding ortho intramolecular Hbond substituents is 2. The van der Waals surface area contributed by atoms with E-state index in [9.17, 15) is 29.4 Å². The van der Waals surface area contributed by atoms with Crippen molar-refractivity contribution in [2.45, 2.75) is 27.7 Å². The topological polar surface area (TPSA) is 145 Å². The van der Waals surface area contributed by atoms with Gasteiger partial charge in [0.25, 0.3) is 0 Å². The first-order chi connectivity index (χ1) is 19.6. The van der Waals surface area contributed by atoms with Crippen LogP contribution in [0.5, 0.6) is 11.5 Å². The van der Waals surface area contributed by atoms with Crippen LogP contribution >= 0.6 is 0 Å². The lowest BCUT2D eigenvalue weighted by molar-refractivity contribution is 0.0473. The standard InChI is InChI=1S/C31H26N2O8/c1-5-40-30(38)25-26(32-33(27(25)31(39)41-6-2)18-11-10-15(3)16(4)12-18)17-13-20-24(22(35)14-17)29(37)23-19(28(20)36)8-7-9-21(23)34/h7-14,34-35H,5-6H2,1-4H3. The molecule has 1 aromatic heterocycles. The van der Waals surface area contributed by atoms with E-state index in [-0.39, 0.29) is 63.7 Å². The molecule has 0 spiro atoms. The zero-order chi connectivity index (χ0) is 29.6. The number of ether oxygens (including phenoxy) is 2. The molecular formula is C31H26N2O8. The predicted molar refractivity (Wildman–Crippen MR) is 147 cm³/mol. The summed E-state index contributed by atoms with van der Waals surface area (Å²) in [5, 5.41) is 25.8. The summed E-state index contributed by atoms with van der Waals surface area (Å²) in [5.74, 6) is -3.97. The van der Waals surface area contributed by atoms with Crippen LogP contribution in [0.25, 0.3) is 16.9 Å². The second-order valence-corrected chi connectivity index (χ2v) is 9.47. The van der Waals surface area contributed by atoms with Gasteiger partial charge in [0.2, 0.25) is 5.78 Å². The van der Waals surface area contributed by atoms with Crippen LogP contribution in [0.4, 0.5) is 0 Å².